The molecule has 2 aromatic carbocycles. The zero-order valence-electron chi connectivity index (χ0n) is 21.4. The van der Waals surface area contributed by atoms with Gasteiger partial charge >= 0.3 is 6.09 Å². The van der Waals surface area contributed by atoms with E-state index in [1.165, 1.54) is 0 Å². The molecule has 5 rings (SSSR count). The molecule has 5 nitrogen and oxygen atoms in total. The second-order valence-electron chi connectivity index (χ2n) is 11.0. The van der Waals surface area contributed by atoms with Gasteiger partial charge in [0, 0.05) is 23.1 Å². The van der Waals surface area contributed by atoms with E-state index in [4.69, 9.17) is 9.72 Å². The Hall–Kier alpha value is -3.47. The summed E-state index contributed by atoms with van der Waals surface area (Å²) in [7, 11) is 0. The molecule has 1 amide bonds. The van der Waals surface area contributed by atoms with Crippen molar-refractivity contribution in [3.05, 3.63) is 77.5 Å². The van der Waals surface area contributed by atoms with Crippen LogP contribution in [-0.4, -0.2) is 22.5 Å². The number of pyridine rings is 1. The Morgan fingerprint density at radius 2 is 1.58 bits per heavy atom. The van der Waals surface area contributed by atoms with Gasteiger partial charge in [0.05, 0.1) is 16.9 Å². The number of alkyl carbamates (subject to hydrolysis) is 1. The van der Waals surface area contributed by atoms with Crippen LogP contribution in [0.4, 0.5) is 4.79 Å². The van der Waals surface area contributed by atoms with Crippen LogP contribution in [0.1, 0.15) is 80.9 Å². The standard InChI is InChI=1S/C31H34N2O3/c1-30(2,3)36-29(35)33-31(18-9-19-31)23-16-14-22(15-17-23)28-24(21-10-5-4-6-11-21)20-25-26(32-28)12-7-8-13-27(25)34/h4-6,10-11,14-17,20H,7-9,12-13,18-19H2,1-3H3,(H,33,35). The van der Waals surface area contributed by atoms with Crippen molar-refractivity contribution in [3.63, 3.8) is 0 Å². The molecule has 3 aromatic rings. The highest BCUT2D eigenvalue weighted by Gasteiger charge is 2.41. The number of ether oxygens (including phenoxy) is 1. The van der Waals surface area contributed by atoms with E-state index < -0.39 is 11.1 Å². The van der Waals surface area contributed by atoms with Gasteiger partial charge in [-0.1, -0.05) is 54.6 Å². The van der Waals surface area contributed by atoms with E-state index in [1.807, 2.05) is 45.0 Å². The molecule has 0 saturated heterocycles. The number of rotatable bonds is 4. The maximum atomic E-state index is 12.8. The molecule has 0 spiro atoms. The van der Waals surface area contributed by atoms with Crippen LogP contribution in [0.15, 0.2) is 60.7 Å². The van der Waals surface area contributed by atoms with Crippen LogP contribution in [0.3, 0.4) is 0 Å². The normalized spacial score (nSPS) is 16.9. The van der Waals surface area contributed by atoms with Crippen LogP contribution in [0, 0.1) is 0 Å². The first-order valence-electron chi connectivity index (χ1n) is 13.0. The predicted molar refractivity (Wildman–Crippen MR) is 142 cm³/mol. The van der Waals surface area contributed by atoms with Crippen molar-refractivity contribution in [1.82, 2.24) is 10.3 Å². The number of nitrogens with one attached hydrogen (secondary N) is 1. The van der Waals surface area contributed by atoms with Crippen molar-refractivity contribution in [2.24, 2.45) is 0 Å². The zero-order valence-corrected chi connectivity index (χ0v) is 21.4. The number of amides is 1. The summed E-state index contributed by atoms with van der Waals surface area (Å²) in [5.41, 5.74) is 5.73. The lowest BCUT2D eigenvalue weighted by molar-refractivity contribution is 0.0377. The van der Waals surface area contributed by atoms with Crippen LogP contribution < -0.4 is 5.32 Å². The van der Waals surface area contributed by atoms with Gasteiger partial charge in [0.1, 0.15) is 5.60 Å². The van der Waals surface area contributed by atoms with E-state index in [0.717, 1.165) is 77.7 Å². The number of aromatic nitrogens is 1. The lowest BCUT2D eigenvalue weighted by atomic mass is 9.71. The minimum Gasteiger partial charge on any atom is -0.444 e. The van der Waals surface area contributed by atoms with E-state index in [2.05, 4.69) is 41.7 Å². The lowest BCUT2D eigenvalue weighted by Crippen LogP contribution is -2.52. The van der Waals surface area contributed by atoms with Gasteiger partial charge in [-0.2, -0.15) is 0 Å². The van der Waals surface area contributed by atoms with Crippen LogP contribution in [0.5, 0.6) is 0 Å². The SMILES string of the molecule is CC(C)(C)OC(=O)NC1(c2ccc(-c3nc4c(cc3-c3ccccc3)C(=O)CCCC4)cc2)CCC1. The average molecular weight is 483 g/mol. The monoisotopic (exact) mass is 482 g/mol. The number of carbonyl (C=O) groups is 2. The molecule has 186 valence electrons. The number of hydrogen-bond acceptors (Lipinski definition) is 4. The fourth-order valence-electron chi connectivity index (χ4n) is 5.22. The van der Waals surface area contributed by atoms with Crippen molar-refractivity contribution >= 4 is 11.9 Å². The van der Waals surface area contributed by atoms with E-state index in [-0.39, 0.29) is 11.9 Å². The van der Waals surface area contributed by atoms with Crippen molar-refractivity contribution in [2.45, 2.75) is 76.9 Å². The van der Waals surface area contributed by atoms with Gasteiger partial charge in [-0.05, 0) is 76.5 Å². The zero-order chi connectivity index (χ0) is 25.3. The van der Waals surface area contributed by atoms with E-state index >= 15 is 0 Å². The maximum absolute atomic E-state index is 12.8. The molecule has 2 aliphatic carbocycles. The molecule has 5 heteroatoms. The largest absolute Gasteiger partial charge is 0.444 e. The Labute approximate surface area is 213 Å². The van der Waals surface area contributed by atoms with Crippen molar-refractivity contribution in [3.8, 4) is 22.4 Å². The third-order valence-corrected chi connectivity index (χ3v) is 7.21. The van der Waals surface area contributed by atoms with Gasteiger partial charge in [0.2, 0.25) is 0 Å². The van der Waals surface area contributed by atoms with Gasteiger partial charge in [0.25, 0.3) is 0 Å². The number of aryl methyl sites for hydroxylation is 1. The number of carbonyl (C=O) groups excluding carboxylic acids is 2. The number of nitrogens with zero attached hydrogens (tertiary/aromatic N) is 1. The van der Waals surface area contributed by atoms with Crippen LogP contribution >= 0.6 is 0 Å². The van der Waals surface area contributed by atoms with Crippen molar-refractivity contribution < 1.29 is 14.3 Å². The van der Waals surface area contributed by atoms with Gasteiger partial charge in [0.15, 0.2) is 5.78 Å². The third-order valence-electron chi connectivity index (χ3n) is 7.21. The fraction of sp³-hybridized carbons (Fsp3) is 0.387. The van der Waals surface area contributed by atoms with E-state index in [0.29, 0.717) is 6.42 Å². The first-order valence-corrected chi connectivity index (χ1v) is 13.0. The highest BCUT2D eigenvalue weighted by atomic mass is 16.6. The Balaban J connectivity index is 1.51. The molecule has 1 saturated carbocycles. The van der Waals surface area contributed by atoms with Crippen LogP contribution in [0.25, 0.3) is 22.4 Å². The number of hydrogen-bond donors (Lipinski definition) is 1. The first-order chi connectivity index (χ1) is 17.2. The molecule has 0 aliphatic heterocycles. The summed E-state index contributed by atoms with van der Waals surface area (Å²) in [6, 6.07) is 20.6. The van der Waals surface area contributed by atoms with Crippen molar-refractivity contribution in [2.75, 3.05) is 0 Å². The maximum Gasteiger partial charge on any atom is 0.408 e. The molecule has 36 heavy (non-hydrogen) atoms. The first kappa shape index (κ1) is 24.2. The predicted octanol–water partition coefficient (Wildman–Crippen LogP) is 7.23. The Morgan fingerprint density at radius 3 is 2.22 bits per heavy atom. The number of fused-ring (bicyclic) bond motifs is 1. The molecular formula is C31H34N2O3. The Kier molecular flexibility index (Phi) is 6.42. The summed E-state index contributed by atoms with van der Waals surface area (Å²) in [4.78, 5) is 30.4. The molecule has 1 aromatic heterocycles. The lowest BCUT2D eigenvalue weighted by Gasteiger charge is -2.43. The molecule has 1 fully saturated rings. The van der Waals surface area contributed by atoms with Gasteiger partial charge < -0.3 is 10.1 Å². The quantitative estimate of drug-likeness (QED) is 0.398. The summed E-state index contributed by atoms with van der Waals surface area (Å²) in [5, 5.41) is 3.14. The molecule has 1 N–H and O–H groups in total. The summed E-state index contributed by atoms with van der Waals surface area (Å²) in [6.07, 6.45) is 5.76. The molecule has 0 atom stereocenters. The van der Waals surface area contributed by atoms with Gasteiger partial charge in [-0.3, -0.25) is 9.78 Å². The minimum atomic E-state index is -0.537. The van der Waals surface area contributed by atoms with E-state index in [1.54, 1.807) is 0 Å². The minimum absolute atomic E-state index is 0.189. The van der Waals surface area contributed by atoms with Crippen LogP contribution in [-0.2, 0) is 16.7 Å². The molecule has 1 heterocycles. The molecule has 0 unspecified atom stereocenters. The molecule has 0 radical (unpaired) electrons. The fourth-order valence-corrected chi connectivity index (χ4v) is 5.22. The Bertz CT molecular complexity index is 1270. The highest BCUT2D eigenvalue weighted by molar-refractivity contribution is 5.99. The molecule has 0 bridgehead atoms. The summed E-state index contributed by atoms with van der Waals surface area (Å²) < 4.78 is 5.53. The smallest absolute Gasteiger partial charge is 0.408 e. The summed E-state index contributed by atoms with van der Waals surface area (Å²) in [6.45, 7) is 5.63. The summed E-state index contributed by atoms with van der Waals surface area (Å²) in [5.74, 6) is 0.189. The number of Topliss-reactive ketones (excluding diaryl/α,β-unsaturated/α-hetero) is 1. The van der Waals surface area contributed by atoms with Crippen molar-refractivity contribution in [1.29, 1.82) is 0 Å². The Morgan fingerprint density at radius 1 is 0.889 bits per heavy atom. The third kappa shape index (κ3) is 4.92. The number of benzene rings is 2. The topological polar surface area (TPSA) is 68.3 Å². The second-order valence-corrected chi connectivity index (χ2v) is 11.0. The van der Waals surface area contributed by atoms with E-state index in [9.17, 15) is 9.59 Å². The van der Waals surface area contributed by atoms with Gasteiger partial charge in [-0.25, -0.2) is 4.79 Å². The number of ketones is 1. The molecular weight excluding hydrogens is 448 g/mol. The highest BCUT2D eigenvalue weighted by Crippen LogP contribution is 2.42. The average Bonchev–Trinajstić information content (AvgIpc) is 3.01. The van der Waals surface area contributed by atoms with Crippen LogP contribution in [0.2, 0.25) is 0 Å². The second kappa shape index (κ2) is 9.53. The van der Waals surface area contributed by atoms with Gasteiger partial charge in [-0.15, -0.1) is 0 Å². The summed E-state index contributed by atoms with van der Waals surface area (Å²) >= 11 is 0. The molecule has 2 aliphatic rings.